The van der Waals surface area contributed by atoms with Crippen LogP contribution >= 0.6 is 0 Å². The molecule has 0 unspecified atom stereocenters. The molecule has 1 saturated heterocycles. The number of hydrogen-bond acceptors (Lipinski definition) is 5. The third-order valence-corrected chi connectivity index (χ3v) is 2.87. The Morgan fingerprint density at radius 2 is 2.18 bits per heavy atom. The highest BCUT2D eigenvalue weighted by molar-refractivity contribution is 5.48. The SMILES string of the molecule is C=CCN1CCN(c2oc(C)nc2C#N)CC1. The van der Waals surface area contributed by atoms with Crippen LogP contribution in [0.25, 0.3) is 0 Å². The Morgan fingerprint density at radius 1 is 1.47 bits per heavy atom. The molecule has 0 spiro atoms. The van der Waals surface area contributed by atoms with Gasteiger partial charge in [-0.25, -0.2) is 4.98 Å². The monoisotopic (exact) mass is 232 g/mol. The van der Waals surface area contributed by atoms with Crippen molar-refractivity contribution in [1.29, 1.82) is 5.26 Å². The molecule has 0 N–H and O–H groups in total. The fourth-order valence-electron chi connectivity index (χ4n) is 2.02. The maximum atomic E-state index is 8.98. The van der Waals surface area contributed by atoms with Crippen LogP contribution in [0.4, 0.5) is 5.88 Å². The molecular formula is C12H16N4O. The number of piperazine rings is 1. The summed E-state index contributed by atoms with van der Waals surface area (Å²) < 4.78 is 5.49. The summed E-state index contributed by atoms with van der Waals surface area (Å²) in [6.45, 7) is 10.0. The zero-order chi connectivity index (χ0) is 12.3. The smallest absolute Gasteiger partial charge is 0.234 e. The molecule has 1 aliphatic heterocycles. The number of aryl methyl sites for hydroxylation is 1. The molecule has 90 valence electrons. The van der Waals surface area contributed by atoms with E-state index in [0.29, 0.717) is 17.5 Å². The van der Waals surface area contributed by atoms with Crippen LogP contribution in [0.15, 0.2) is 17.1 Å². The Balaban J connectivity index is 2.05. The second-order valence-electron chi connectivity index (χ2n) is 4.07. The Labute approximate surface area is 101 Å². The van der Waals surface area contributed by atoms with Crippen molar-refractivity contribution in [2.45, 2.75) is 6.92 Å². The molecule has 5 heteroatoms. The van der Waals surface area contributed by atoms with E-state index in [0.717, 1.165) is 32.7 Å². The number of hydrogen-bond donors (Lipinski definition) is 0. The van der Waals surface area contributed by atoms with E-state index in [1.165, 1.54) is 0 Å². The molecule has 0 atom stereocenters. The highest BCUT2D eigenvalue weighted by Crippen LogP contribution is 2.22. The second-order valence-corrected chi connectivity index (χ2v) is 4.07. The van der Waals surface area contributed by atoms with Gasteiger partial charge >= 0.3 is 0 Å². The van der Waals surface area contributed by atoms with Gasteiger partial charge in [0.15, 0.2) is 5.89 Å². The molecule has 1 fully saturated rings. The van der Waals surface area contributed by atoms with E-state index in [-0.39, 0.29) is 0 Å². The molecule has 0 saturated carbocycles. The fourth-order valence-corrected chi connectivity index (χ4v) is 2.02. The maximum absolute atomic E-state index is 8.98. The standard InChI is InChI=1S/C12H16N4O/c1-3-4-15-5-7-16(8-6-15)12-11(9-13)14-10(2)17-12/h3H,1,4-8H2,2H3. The molecule has 0 bridgehead atoms. The minimum atomic E-state index is 0.389. The van der Waals surface area contributed by atoms with Gasteiger partial charge in [0.05, 0.1) is 0 Å². The van der Waals surface area contributed by atoms with Crippen molar-refractivity contribution in [3.63, 3.8) is 0 Å². The number of anilines is 1. The summed E-state index contributed by atoms with van der Waals surface area (Å²) in [6, 6.07) is 2.07. The summed E-state index contributed by atoms with van der Waals surface area (Å²) in [7, 11) is 0. The molecule has 2 rings (SSSR count). The average molecular weight is 232 g/mol. The van der Waals surface area contributed by atoms with E-state index in [2.05, 4.69) is 27.4 Å². The maximum Gasteiger partial charge on any atom is 0.234 e. The number of oxazole rings is 1. The quantitative estimate of drug-likeness (QED) is 0.732. The van der Waals surface area contributed by atoms with E-state index in [9.17, 15) is 0 Å². The van der Waals surface area contributed by atoms with Gasteiger partial charge in [-0.3, -0.25) is 4.90 Å². The molecule has 5 nitrogen and oxygen atoms in total. The summed E-state index contributed by atoms with van der Waals surface area (Å²) in [5.41, 5.74) is 0.389. The summed E-state index contributed by atoms with van der Waals surface area (Å²) in [4.78, 5) is 8.46. The van der Waals surface area contributed by atoms with Crippen molar-refractivity contribution >= 4 is 5.88 Å². The van der Waals surface area contributed by atoms with Crippen LogP contribution in [0.3, 0.4) is 0 Å². The third-order valence-electron chi connectivity index (χ3n) is 2.87. The van der Waals surface area contributed by atoms with Crippen molar-refractivity contribution < 1.29 is 4.42 Å². The lowest BCUT2D eigenvalue weighted by molar-refractivity contribution is 0.278. The second kappa shape index (κ2) is 5.02. The molecular weight excluding hydrogens is 216 g/mol. The highest BCUT2D eigenvalue weighted by atomic mass is 16.4. The summed E-state index contributed by atoms with van der Waals surface area (Å²) in [5, 5.41) is 8.98. The van der Waals surface area contributed by atoms with E-state index in [4.69, 9.17) is 9.68 Å². The summed E-state index contributed by atoms with van der Waals surface area (Å²) >= 11 is 0. The number of nitriles is 1. The van der Waals surface area contributed by atoms with Gasteiger partial charge in [0, 0.05) is 39.6 Å². The van der Waals surface area contributed by atoms with Crippen LogP contribution < -0.4 is 4.90 Å². The Hall–Kier alpha value is -1.80. The van der Waals surface area contributed by atoms with Crippen molar-refractivity contribution in [1.82, 2.24) is 9.88 Å². The van der Waals surface area contributed by atoms with Crippen LogP contribution in [0, 0.1) is 18.3 Å². The molecule has 0 aromatic carbocycles. The topological polar surface area (TPSA) is 56.3 Å². The minimum absolute atomic E-state index is 0.389. The van der Waals surface area contributed by atoms with Gasteiger partial charge in [-0.2, -0.15) is 5.26 Å². The molecule has 1 aliphatic rings. The van der Waals surface area contributed by atoms with E-state index < -0.39 is 0 Å². The number of rotatable bonds is 3. The summed E-state index contributed by atoms with van der Waals surface area (Å²) in [6.07, 6.45) is 1.91. The van der Waals surface area contributed by atoms with Crippen molar-refractivity contribution in [3.05, 3.63) is 24.2 Å². The average Bonchev–Trinajstić information content (AvgIpc) is 2.72. The lowest BCUT2D eigenvalue weighted by Gasteiger charge is -2.33. The number of nitrogens with zero attached hydrogens (tertiary/aromatic N) is 4. The van der Waals surface area contributed by atoms with Crippen molar-refractivity contribution in [2.75, 3.05) is 37.6 Å². The van der Waals surface area contributed by atoms with Gasteiger partial charge in [0.1, 0.15) is 6.07 Å². The lowest BCUT2D eigenvalue weighted by atomic mass is 10.3. The van der Waals surface area contributed by atoms with Crippen LogP contribution in [-0.4, -0.2) is 42.6 Å². The Kier molecular flexibility index (Phi) is 3.45. The Bertz CT molecular complexity index is 438. The molecule has 1 aromatic rings. The van der Waals surface area contributed by atoms with Gasteiger partial charge in [-0.1, -0.05) is 6.08 Å². The lowest BCUT2D eigenvalue weighted by Crippen LogP contribution is -2.46. The third kappa shape index (κ3) is 2.48. The van der Waals surface area contributed by atoms with Crippen molar-refractivity contribution in [3.8, 4) is 6.07 Å². The predicted octanol–water partition coefficient (Wildman–Crippen LogP) is 1.16. The predicted molar refractivity (Wildman–Crippen MR) is 64.8 cm³/mol. The van der Waals surface area contributed by atoms with Crippen LogP contribution in [0.2, 0.25) is 0 Å². The molecule has 0 aliphatic carbocycles. The van der Waals surface area contributed by atoms with E-state index in [1.807, 2.05) is 6.08 Å². The zero-order valence-corrected chi connectivity index (χ0v) is 10.0. The van der Waals surface area contributed by atoms with E-state index >= 15 is 0 Å². The molecule has 2 heterocycles. The van der Waals surface area contributed by atoms with Crippen LogP contribution in [0.1, 0.15) is 11.6 Å². The normalized spacial score (nSPS) is 16.8. The fraction of sp³-hybridized carbons (Fsp3) is 0.500. The molecule has 0 radical (unpaired) electrons. The van der Waals surface area contributed by atoms with E-state index in [1.54, 1.807) is 6.92 Å². The molecule has 17 heavy (non-hydrogen) atoms. The van der Waals surface area contributed by atoms with Crippen LogP contribution in [0.5, 0.6) is 0 Å². The first-order valence-corrected chi connectivity index (χ1v) is 5.70. The Morgan fingerprint density at radius 3 is 2.76 bits per heavy atom. The van der Waals surface area contributed by atoms with Gasteiger partial charge in [0.2, 0.25) is 11.6 Å². The van der Waals surface area contributed by atoms with Gasteiger partial charge in [-0.15, -0.1) is 6.58 Å². The number of aromatic nitrogens is 1. The summed E-state index contributed by atoms with van der Waals surface area (Å²) in [5.74, 6) is 1.16. The first-order chi connectivity index (χ1) is 8.24. The van der Waals surface area contributed by atoms with Gasteiger partial charge < -0.3 is 9.32 Å². The molecule has 0 amide bonds. The largest absolute Gasteiger partial charge is 0.424 e. The highest BCUT2D eigenvalue weighted by Gasteiger charge is 2.22. The van der Waals surface area contributed by atoms with Gasteiger partial charge in [-0.05, 0) is 0 Å². The van der Waals surface area contributed by atoms with Gasteiger partial charge in [0.25, 0.3) is 0 Å². The minimum Gasteiger partial charge on any atom is -0.424 e. The van der Waals surface area contributed by atoms with Crippen molar-refractivity contribution in [2.24, 2.45) is 0 Å². The first kappa shape index (κ1) is 11.7. The van der Waals surface area contributed by atoms with Crippen LogP contribution in [-0.2, 0) is 0 Å². The first-order valence-electron chi connectivity index (χ1n) is 5.70. The molecule has 1 aromatic heterocycles. The zero-order valence-electron chi connectivity index (χ0n) is 10.0.